The summed E-state index contributed by atoms with van der Waals surface area (Å²) in [6, 6.07) is 7.81. The van der Waals surface area contributed by atoms with Crippen molar-refractivity contribution in [2.45, 2.75) is 57.5 Å². The Balaban J connectivity index is 1.13. The number of hydrogen-bond donors (Lipinski definition) is 0. The lowest BCUT2D eigenvalue weighted by molar-refractivity contribution is 0.0746. The number of aromatic nitrogens is 3. The van der Waals surface area contributed by atoms with Crippen LogP contribution in [0.3, 0.4) is 0 Å². The zero-order valence-electron chi connectivity index (χ0n) is 19.4. The number of rotatable bonds is 5. The molecule has 3 aliphatic rings. The Labute approximate surface area is 195 Å². The van der Waals surface area contributed by atoms with Crippen molar-refractivity contribution in [3.05, 3.63) is 36.0 Å². The molecule has 5 rings (SSSR count). The van der Waals surface area contributed by atoms with Gasteiger partial charge in [-0.2, -0.15) is 0 Å². The number of anilines is 2. The standard InChI is InChI=1S/C25H34N6O2/c32-25(20-9-12-24(26-19-20)33-21-7-3-4-8-21)31-17-15-30(16-18-31)23-11-10-22(27-28-23)29-13-5-1-2-6-14-29/h9-12,19,21H,1-8,13-18H2. The Morgan fingerprint density at radius 1 is 0.758 bits per heavy atom. The van der Waals surface area contributed by atoms with E-state index >= 15 is 0 Å². The van der Waals surface area contributed by atoms with E-state index in [9.17, 15) is 4.79 Å². The van der Waals surface area contributed by atoms with Crippen LogP contribution in [0.5, 0.6) is 5.88 Å². The van der Waals surface area contributed by atoms with E-state index in [1.54, 1.807) is 6.20 Å². The number of nitrogens with zero attached hydrogens (tertiary/aromatic N) is 6. The third-order valence-corrected chi connectivity index (χ3v) is 7.03. The highest BCUT2D eigenvalue weighted by atomic mass is 16.5. The first-order chi connectivity index (χ1) is 16.3. The van der Waals surface area contributed by atoms with Crippen molar-refractivity contribution in [2.75, 3.05) is 49.1 Å². The van der Waals surface area contributed by atoms with Gasteiger partial charge in [-0.1, -0.05) is 12.8 Å². The van der Waals surface area contributed by atoms with Gasteiger partial charge in [0.05, 0.1) is 5.56 Å². The normalized spacial score (nSPS) is 20.1. The van der Waals surface area contributed by atoms with Crippen LogP contribution in [0.2, 0.25) is 0 Å². The van der Waals surface area contributed by atoms with Crippen LogP contribution >= 0.6 is 0 Å². The van der Waals surface area contributed by atoms with E-state index < -0.39 is 0 Å². The van der Waals surface area contributed by atoms with Crippen molar-refractivity contribution in [3.63, 3.8) is 0 Å². The predicted octanol–water partition coefficient (Wildman–Crippen LogP) is 3.54. The van der Waals surface area contributed by atoms with Crippen molar-refractivity contribution in [2.24, 2.45) is 0 Å². The SMILES string of the molecule is O=C(c1ccc(OC2CCCC2)nc1)N1CCN(c2ccc(N3CCCCCC3)nn2)CC1. The first-order valence-corrected chi connectivity index (χ1v) is 12.5. The molecule has 2 aromatic rings. The van der Waals surface area contributed by atoms with Gasteiger partial charge in [0.15, 0.2) is 11.6 Å². The van der Waals surface area contributed by atoms with Crippen LogP contribution in [0.4, 0.5) is 11.6 Å². The molecule has 8 nitrogen and oxygen atoms in total. The fraction of sp³-hybridized carbons (Fsp3) is 0.600. The molecule has 1 amide bonds. The molecule has 0 N–H and O–H groups in total. The van der Waals surface area contributed by atoms with Crippen LogP contribution in [0.15, 0.2) is 30.5 Å². The minimum absolute atomic E-state index is 0.0252. The monoisotopic (exact) mass is 450 g/mol. The zero-order chi connectivity index (χ0) is 22.5. The summed E-state index contributed by atoms with van der Waals surface area (Å²) >= 11 is 0. The molecule has 33 heavy (non-hydrogen) atoms. The second kappa shape index (κ2) is 10.4. The molecule has 0 spiro atoms. The molecule has 4 heterocycles. The lowest BCUT2D eigenvalue weighted by Gasteiger charge is -2.35. The summed E-state index contributed by atoms with van der Waals surface area (Å²) in [5, 5.41) is 8.99. The average molecular weight is 451 g/mol. The smallest absolute Gasteiger partial charge is 0.255 e. The maximum absolute atomic E-state index is 12.9. The van der Waals surface area contributed by atoms with E-state index in [1.165, 1.54) is 38.5 Å². The van der Waals surface area contributed by atoms with Crippen LogP contribution < -0.4 is 14.5 Å². The van der Waals surface area contributed by atoms with Gasteiger partial charge in [0.1, 0.15) is 6.10 Å². The quantitative estimate of drug-likeness (QED) is 0.690. The van der Waals surface area contributed by atoms with Crippen LogP contribution in [0.1, 0.15) is 61.7 Å². The van der Waals surface area contributed by atoms with Crippen molar-refractivity contribution >= 4 is 17.5 Å². The molecule has 2 saturated heterocycles. The number of piperazine rings is 1. The molecule has 0 radical (unpaired) electrons. The van der Waals surface area contributed by atoms with Gasteiger partial charge in [-0.15, -0.1) is 10.2 Å². The molecule has 0 bridgehead atoms. The van der Waals surface area contributed by atoms with Crippen LogP contribution in [-0.4, -0.2) is 71.4 Å². The van der Waals surface area contributed by atoms with E-state index in [1.807, 2.05) is 17.0 Å². The minimum atomic E-state index is 0.0252. The van der Waals surface area contributed by atoms with Gasteiger partial charge in [0.2, 0.25) is 5.88 Å². The molecular weight excluding hydrogens is 416 g/mol. The summed E-state index contributed by atoms with van der Waals surface area (Å²) in [6.07, 6.45) is 11.6. The molecule has 0 aromatic carbocycles. The summed E-state index contributed by atoms with van der Waals surface area (Å²) in [5.41, 5.74) is 0.615. The number of carbonyl (C=O) groups is 1. The van der Waals surface area contributed by atoms with Gasteiger partial charge >= 0.3 is 0 Å². The zero-order valence-corrected chi connectivity index (χ0v) is 19.4. The highest BCUT2D eigenvalue weighted by Crippen LogP contribution is 2.23. The second-order valence-electron chi connectivity index (χ2n) is 9.34. The minimum Gasteiger partial charge on any atom is -0.474 e. The van der Waals surface area contributed by atoms with Gasteiger partial charge in [-0.3, -0.25) is 4.79 Å². The molecule has 0 unspecified atom stereocenters. The van der Waals surface area contributed by atoms with Crippen LogP contribution in [0.25, 0.3) is 0 Å². The summed E-state index contributed by atoms with van der Waals surface area (Å²) in [5.74, 6) is 2.50. The molecule has 0 atom stereocenters. The summed E-state index contributed by atoms with van der Waals surface area (Å²) in [4.78, 5) is 23.8. The fourth-order valence-corrected chi connectivity index (χ4v) is 5.03. The van der Waals surface area contributed by atoms with E-state index in [-0.39, 0.29) is 12.0 Å². The molecule has 1 saturated carbocycles. The van der Waals surface area contributed by atoms with E-state index in [0.29, 0.717) is 24.5 Å². The number of ether oxygens (including phenoxy) is 1. The third kappa shape index (κ3) is 5.37. The molecule has 1 aliphatic carbocycles. The lowest BCUT2D eigenvalue weighted by Crippen LogP contribution is -2.49. The van der Waals surface area contributed by atoms with Crippen molar-refractivity contribution < 1.29 is 9.53 Å². The first-order valence-electron chi connectivity index (χ1n) is 12.5. The Kier molecular flexibility index (Phi) is 6.88. The highest BCUT2D eigenvalue weighted by molar-refractivity contribution is 5.94. The molecule has 2 aromatic heterocycles. The van der Waals surface area contributed by atoms with Crippen molar-refractivity contribution in [1.82, 2.24) is 20.1 Å². The molecule has 3 fully saturated rings. The molecule has 8 heteroatoms. The summed E-state index contributed by atoms with van der Waals surface area (Å²) < 4.78 is 5.91. The van der Waals surface area contributed by atoms with Crippen molar-refractivity contribution in [3.8, 4) is 5.88 Å². The summed E-state index contributed by atoms with van der Waals surface area (Å²) in [6.45, 7) is 4.96. The predicted molar refractivity (Wildman–Crippen MR) is 128 cm³/mol. The Hall–Kier alpha value is -2.90. The number of pyridine rings is 1. The maximum Gasteiger partial charge on any atom is 0.255 e. The first kappa shape index (κ1) is 21.9. The molecular formula is C25H34N6O2. The van der Waals surface area contributed by atoms with Gasteiger partial charge in [-0.25, -0.2) is 4.98 Å². The van der Waals surface area contributed by atoms with Gasteiger partial charge in [0.25, 0.3) is 5.91 Å². The average Bonchev–Trinajstić information content (AvgIpc) is 3.23. The van der Waals surface area contributed by atoms with E-state index in [2.05, 4.69) is 37.1 Å². The van der Waals surface area contributed by atoms with Gasteiger partial charge in [0, 0.05) is 51.5 Å². The fourth-order valence-electron chi connectivity index (χ4n) is 5.03. The van der Waals surface area contributed by atoms with Crippen LogP contribution in [0, 0.1) is 0 Å². The highest BCUT2D eigenvalue weighted by Gasteiger charge is 2.24. The topological polar surface area (TPSA) is 74.7 Å². The number of carbonyl (C=O) groups excluding carboxylic acids is 1. The maximum atomic E-state index is 12.9. The Morgan fingerprint density at radius 3 is 1.97 bits per heavy atom. The molecule has 2 aliphatic heterocycles. The Bertz CT molecular complexity index is 897. The largest absolute Gasteiger partial charge is 0.474 e. The third-order valence-electron chi connectivity index (χ3n) is 7.03. The van der Waals surface area contributed by atoms with Crippen LogP contribution in [-0.2, 0) is 0 Å². The lowest BCUT2D eigenvalue weighted by atomic mass is 10.2. The second-order valence-corrected chi connectivity index (χ2v) is 9.34. The summed E-state index contributed by atoms with van der Waals surface area (Å²) in [7, 11) is 0. The van der Waals surface area contributed by atoms with Gasteiger partial charge < -0.3 is 19.4 Å². The number of hydrogen-bond acceptors (Lipinski definition) is 7. The number of amides is 1. The molecule has 176 valence electrons. The van der Waals surface area contributed by atoms with E-state index in [4.69, 9.17) is 4.74 Å². The van der Waals surface area contributed by atoms with Gasteiger partial charge in [-0.05, 0) is 56.7 Å². The van der Waals surface area contributed by atoms with Crippen molar-refractivity contribution in [1.29, 1.82) is 0 Å². The van der Waals surface area contributed by atoms with E-state index in [0.717, 1.165) is 50.7 Å². The Morgan fingerprint density at radius 2 is 1.39 bits per heavy atom.